The summed E-state index contributed by atoms with van der Waals surface area (Å²) in [5.74, 6) is 0.521. The van der Waals surface area contributed by atoms with Gasteiger partial charge in [-0.1, -0.05) is 24.3 Å². The van der Waals surface area contributed by atoms with Crippen molar-refractivity contribution in [3.8, 4) is 0 Å². The van der Waals surface area contributed by atoms with E-state index in [4.69, 9.17) is 5.11 Å². The molecule has 0 fully saturated rings. The van der Waals surface area contributed by atoms with Gasteiger partial charge in [0.05, 0.1) is 0 Å². The lowest BCUT2D eigenvalue weighted by Crippen LogP contribution is -2.05. The van der Waals surface area contributed by atoms with E-state index in [0.29, 0.717) is 12.5 Å². The van der Waals surface area contributed by atoms with Gasteiger partial charge < -0.3 is 5.11 Å². The van der Waals surface area contributed by atoms with Gasteiger partial charge in [-0.25, -0.2) is 0 Å². The van der Waals surface area contributed by atoms with E-state index < -0.39 is 0 Å². The Morgan fingerprint density at radius 3 is 2.08 bits per heavy atom. The van der Waals surface area contributed by atoms with Gasteiger partial charge in [0.25, 0.3) is 0 Å². The summed E-state index contributed by atoms with van der Waals surface area (Å²) in [4.78, 5) is 0. The van der Waals surface area contributed by atoms with Crippen molar-refractivity contribution in [2.45, 2.75) is 25.7 Å². The van der Waals surface area contributed by atoms with E-state index in [9.17, 15) is 0 Å². The van der Waals surface area contributed by atoms with Crippen LogP contribution >= 0.6 is 0 Å². The third kappa shape index (κ3) is 1.92. The molecule has 1 aliphatic rings. The highest BCUT2D eigenvalue weighted by molar-refractivity contribution is 5.28. The smallest absolute Gasteiger partial charge is 0.0459 e. The molecule has 0 saturated carbocycles. The highest BCUT2D eigenvalue weighted by Crippen LogP contribution is 2.23. The molecular weight excluding hydrogens is 160 g/mol. The number of rotatable bonds is 1. The predicted octanol–water partition coefficient (Wildman–Crippen LogP) is 2.17. The number of fused-ring (bicyclic) bond motifs is 1. The molecule has 1 aromatic carbocycles. The molecule has 0 spiro atoms. The summed E-state index contributed by atoms with van der Waals surface area (Å²) in [6.45, 7) is 0.355. The van der Waals surface area contributed by atoms with Crippen LogP contribution in [0.2, 0.25) is 0 Å². The highest BCUT2D eigenvalue weighted by Gasteiger charge is 2.14. The Balaban J connectivity index is 2.17. The number of aliphatic hydroxyl groups excluding tert-OH is 1. The molecule has 1 aromatic rings. The van der Waals surface area contributed by atoms with E-state index in [-0.39, 0.29) is 0 Å². The largest absolute Gasteiger partial charge is 0.396 e. The molecule has 1 nitrogen and oxygen atoms in total. The van der Waals surface area contributed by atoms with Gasteiger partial charge in [0.1, 0.15) is 0 Å². The maximum atomic E-state index is 9.10. The highest BCUT2D eigenvalue weighted by atomic mass is 16.3. The molecule has 13 heavy (non-hydrogen) atoms. The van der Waals surface area contributed by atoms with Crippen molar-refractivity contribution in [1.82, 2.24) is 0 Å². The summed E-state index contributed by atoms with van der Waals surface area (Å²) in [7, 11) is 0. The van der Waals surface area contributed by atoms with Gasteiger partial charge in [0.2, 0.25) is 0 Å². The van der Waals surface area contributed by atoms with Crippen molar-refractivity contribution >= 4 is 0 Å². The van der Waals surface area contributed by atoms with Crippen molar-refractivity contribution in [2.75, 3.05) is 6.61 Å². The monoisotopic (exact) mass is 176 g/mol. The maximum absolute atomic E-state index is 9.10. The Morgan fingerprint density at radius 1 is 1.08 bits per heavy atom. The van der Waals surface area contributed by atoms with E-state index >= 15 is 0 Å². The van der Waals surface area contributed by atoms with E-state index in [1.807, 2.05) is 0 Å². The summed E-state index contributed by atoms with van der Waals surface area (Å²) in [5.41, 5.74) is 2.97. The zero-order valence-electron chi connectivity index (χ0n) is 7.87. The van der Waals surface area contributed by atoms with E-state index in [1.165, 1.54) is 11.1 Å². The van der Waals surface area contributed by atoms with Gasteiger partial charge in [0, 0.05) is 6.61 Å². The van der Waals surface area contributed by atoms with Gasteiger partial charge >= 0.3 is 0 Å². The van der Waals surface area contributed by atoms with Crippen LogP contribution in [0.3, 0.4) is 0 Å². The number of hydrogen-bond acceptors (Lipinski definition) is 1. The van der Waals surface area contributed by atoms with Crippen LogP contribution in [0.1, 0.15) is 24.0 Å². The van der Waals surface area contributed by atoms with Crippen LogP contribution in [0.5, 0.6) is 0 Å². The van der Waals surface area contributed by atoms with Crippen molar-refractivity contribution in [2.24, 2.45) is 5.92 Å². The first-order valence-corrected chi connectivity index (χ1v) is 5.08. The Kier molecular flexibility index (Phi) is 2.65. The second-order valence-electron chi connectivity index (χ2n) is 3.89. The Bertz CT molecular complexity index is 253. The molecule has 1 N–H and O–H groups in total. The van der Waals surface area contributed by atoms with Crippen LogP contribution in [0.4, 0.5) is 0 Å². The van der Waals surface area contributed by atoms with Crippen molar-refractivity contribution in [1.29, 1.82) is 0 Å². The van der Waals surface area contributed by atoms with Crippen molar-refractivity contribution in [3.05, 3.63) is 35.4 Å². The average Bonchev–Trinajstić information content (AvgIpc) is 2.39. The summed E-state index contributed by atoms with van der Waals surface area (Å²) < 4.78 is 0. The lowest BCUT2D eigenvalue weighted by Gasteiger charge is -2.08. The standard InChI is InChI=1S/C12H16O/c13-9-10-5-7-11-3-1-2-4-12(11)8-6-10/h1-4,10,13H,5-9H2. The summed E-state index contributed by atoms with van der Waals surface area (Å²) in [6, 6.07) is 8.65. The first kappa shape index (κ1) is 8.76. The quantitative estimate of drug-likeness (QED) is 0.650. The number of benzene rings is 1. The molecule has 0 amide bonds. The molecule has 1 heteroatoms. The minimum absolute atomic E-state index is 0.355. The lowest BCUT2D eigenvalue weighted by molar-refractivity contribution is 0.213. The molecule has 0 aromatic heterocycles. The van der Waals surface area contributed by atoms with Gasteiger partial charge in [-0.05, 0) is 42.7 Å². The molecule has 0 unspecified atom stereocenters. The zero-order chi connectivity index (χ0) is 9.10. The Labute approximate surface area is 79.4 Å². The van der Waals surface area contributed by atoms with Crippen LogP contribution in [-0.2, 0) is 12.8 Å². The van der Waals surface area contributed by atoms with Gasteiger partial charge in [0.15, 0.2) is 0 Å². The first-order chi connectivity index (χ1) is 6.40. The maximum Gasteiger partial charge on any atom is 0.0459 e. The van der Waals surface area contributed by atoms with Gasteiger partial charge in [-0.3, -0.25) is 0 Å². The molecule has 0 atom stereocenters. The fourth-order valence-electron chi connectivity index (χ4n) is 2.09. The minimum atomic E-state index is 0.355. The molecule has 0 heterocycles. The van der Waals surface area contributed by atoms with Crippen LogP contribution in [-0.4, -0.2) is 11.7 Å². The molecule has 2 rings (SSSR count). The van der Waals surface area contributed by atoms with Crippen LogP contribution in [0, 0.1) is 5.92 Å². The zero-order valence-corrected chi connectivity index (χ0v) is 7.87. The molecule has 70 valence electrons. The predicted molar refractivity (Wildman–Crippen MR) is 53.7 cm³/mol. The minimum Gasteiger partial charge on any atom is -0.396 e. The second kappa shape index (κ2) is 3.93. The van der Waals surface area contributed by atoms with Gasteiger partial charge in [-0.15, -0.1) is 0 Å². The molecule has 0 saturated heterocycles. The van der Waals surface area contributed by atoms with E-state index in [2.05, 4.69) is 24.3 Å². The number of hydrogen-bond donors (Lipinski definition) is 1. The Hall–Kier alpha value is -0.820. The average molecular weight is 176 g/mol. The number of aryl methyl sites for hydroxylation is 2. The fraction of sp³-hybridized carbons (Fsp3) is 0.500. The van der Waals surface area contributed by atoms with Crippen molar-refractivity contribution in [3.63, 3.8) is 0 Å². The third-order valence-electron chi connectivity index (χ3n) is 3.02. The normalized spacial score (nSPS) is 17.9. The van der Waals surface area contributed by atoms with Crippen LogP contribution < -0.4 is 0 Å². The fourth-order valence-corrected chi connectivity index (χ4v) is 2.09. The second-order valence-corrected chi connectivity index (χ2v) is 3.89. The Morgan fingerprint density at radius 2 is 1.62 bits per heavy atom. The summed E-state index contributed by atoms with van der Waals surface area (Å²) in [6.07, 6.45) is 4.57. The van der Waals surface area contributed by atoms with E-state index in [0.717, 1.165) is 25.7 Å². The lowest BCUT2D eigenvalue weighted by atomic mass is 10.0. The molecule has 0 bridgehead atoms. The first-order valence-electron chi connectivity index (χ1n) is 5.08. The van der Waals surface area contributed by atoms with Crippen molar-refractivity contribution < 1.29 is 5.11 Å². The summed E-state index contributed by atoms with van der Waals surface area (Å²) >= 11 is 0. The number of aliphatic hydroxyl groups is 1. The molecule has 0 aliphatic heterocycles. The van der Waals surface area contributed by atoms with Crippen LogP contribution in [0.15, 0.2) is 24.3 Å². The molecular formula is C12H16O. The van der Waals surface area contributed by atoms with Gasteiger partial charge in [-0.2, -0.15) is 0 Å². The summed E-state index contributed by atoms with van der Waals surface area (Å²) in [5, 5.41) is 9.10. The van der Waals surface area contributed by atoms with E-state index in [1.54, 1.807) is 0 Å². The third-order valence-corrected chi connectivity index (χ3v) is 3.02. The van der Waals surface area contributed by atoms with Crippen LogP contribution in [0.25, 0.3) is 0 Å². The SMILES string of the molecule is OCC1CCc2ccccc2CC1. The molecule has 0 radical (unpaired) electrons. The topological polar surface area (TPSA) is 20.2 Å². The molecule has 1 aliphatic carbocycles.